The number of benzene rings is 1. The molecule has 1 aromatic rings. The van der Waals surface area contributed by atoms with E-state index >= 15 is 0 Å². The lowest BCUT2D eigenvalue weighted by Crippen LogP contribution is -2.40. The molecule has 1 amide bonds. The summed E-state index contributed by atoms with van der Waals surface area (Å²) in [5.41, 5.74) is 0.914. The molecule has 0 saturated heterocycles. The monoisotopic (exact) mass is 382 g/mol. The second kappa shape index (κ2) is 8.91. The molecule has 2 rings (SSSR count). The first kappa shape index (κ1) is 20.1. The molecule has 142 valence electrons. The Morgan fingerprint density at radius 3 is 2.50 bits per heavy atom. The number of nitrogens with one attached hydrogen (secondary N) is 2. The summed E-state index contributed by atoms with van der Waals surface area (Å²) in [6.07, 6.45) is 1.76. The molecule has 1 fully saturated rings. The highest BCUT2D eigenvalue weighted by Gasteiger charge is 2.25. The molecular formula is C17H22N2O6S. The van der Waals surface area contributed by atoms with E-state index in [1.165, 1.54) is 12.1 Å². The highest BCUT2D eigenvalue weighted by Crippen LogP contribution is 2.17. The Hall–Kier alpha value is -2.26. The highest BCUT2D eigenvalue weighted by atomic mass is 32.2. The SMILES string of the molecule is Cc1ccc(S(=O)(=O)NCC(=O)NCC(=O)O[C@@H]2CCCCC2=O)cc1. The predicted molar refractivity (Wildman–Crippen MR) is 92.7 cm³/mol. The molecule has 8 nitrogen and oxygen atoms in total. The van der Waals surface area contributed by atoms with Crippen LogP contribution in [0.3, 0.4) is 0 Å². The zero-order valence-corrected chi connectivity index (χ0v) is 15.3. The molecule has 0 aliphatic heterocycles. The number of ether oxygens (including phenoxy) is 1. The summed E-state index contributed by atoms with van der Waals surface area (Å²) in [6.45, 7) is 0.901. The molecule has 2 N–H and O–H groups in total. The Labute approximate surface area is 152 Å². The van der Waals surface area contributed by atoms with Crippen molar-refractivity contribution in [1.29, 1.82) is 0 Å². The molecule has 9 heteroatoms. The van der Waals surface area contributed by atoms with Gasteiger partial charge in [-0.15, -0.1) is 0 Å². The van der Waals surface area contributed by atoms with Gasteiger partial charge >= 0.3 is 5.97 Å². The van der Waals surface area contributed by atoms with E-state index in [9.17, 15) is 22.8 Å². The van der Waals surface area contributed by atoms with E-state index in [-0.39, 0.29) is 10.7 Å². The Kier molecular flexibility index (Phi) is 6.87. The molecule has 1 atom stereocenters. The lowest BCUT2D eigenvalue weighted by Gasteiger charge is -2.20. The van der Waals surface area contributed by atoms with E-state index in [0.717, 1.165) is 18.4 Å². The van der Waals surface area contributed by atoms with E-state index in [2.05, 4.69) is 10.0 Å². The predicted octanol–water partition coefficient (Wildman–Crippen LogP) is 0.444. The van der Waals surface area contributed by atoms with Gasteiger partial charge in [0.1, 0.15) is 6.54 Å². The maximum absolute atomic E-state index is 12.1. The maximum Gasteiger partial charge on any atom is 0.326 e. The smallest absolute Gasteiger partial charge is 0.326 e. The first-order chi connectivity index (χ1) is 12.3. The third kappa shape index (κ3) is 5.92. The molecule has 1 saturated carbocycles. The Morgan fingerprint density at radius 2 is 1.85 bits per heavy atom. The number of hydrogen-bond acceptors (Lipinski definition) is 6. The van der Waals surface area contributed by atoms with E-state index < -0.39 is 41.1 Å². The van der Waals surface area contributed by atoms with Crippen LogP contribution in [0.5, 0.6) is 0 Å². The Bertz CT molecular complexity index is 773. The summed E-state index contributed by atoms with van der Waals surface area (Å²) in [6, 6.07) is 6.18. The third-order valence-corrected chi connectivity index (χ3v) is 5.37. The van der Waals surface area contributed by atoms with Crippen molar-refractivity contribution < 1.29 is 27.5 Å². The van der Waals surface area contributed by atoms with Gasteiger partial charge in [0.15, 0.2) is 11.9 Å². The molecule has 1 aromatic carbocycles. The standard InChI is InChI=1S/C17H22N2O6S/c1-12-6-8-13(9-7-12)26(23,24)19-10-16(21)18-11-17(22)25-15-5-3-2-4-14(15)20/h6-9,15,19H,2-5,10-11H2,1H3,(H,18,21)/t15-/m1/s1. The number of carbonyl (C=O) groups excluding carboxylic acids is 3. The molecule has 1 aliphatic rings. The summed E-state index contributed by atoms with van der Waals surface area (Å²) in [4.78, 5) is 35.1. The summed E-state index contributed by atoms with van der Waals surface area (Å²) in [7, 11) is -3.81. The zero-order valence-electron chi connectivity index (χ0n) is 14.5. The molecule has 0 spiro atoms. The molecule has 0 radical (unpaired) electrons. The average molecular weight is 382 g/mol. The largest absolute Gasteiger partial charge is 0.453 e. The van der Waals surface area contributed by atoms with E-state index in [0.29, 0.717) is 12.8 Å². The van der Waals surface area contributed by atoms with Crippen molar-refractivity contribution >= 4 is 27.7 Å². The molecule has 1 aliphatic carbocycles. The van der Waals surface area contributed by atoms with Crippen molar-refractivity contribution in [2.45, 2.75) is 43.6 Å². The van der Waals surface area contributed by atoms with Crippen LogP contribution in [0.2, 0.25) is 0 Å². The minimum atomic E-state index is -3.81. The Morgan fingerprint density at radius 1 is 1.15 bits per heavy atom. The number of aryl methyl sites for hydroxylation is 1. The van der Waals surface area contributed by atoms with Gasteiger partial charge in [-0.25, -0.2) is 13.1 Å². The average Bonchev–Trinajstić information content (AvgIpc) is 2.60. The van der Waals surface area contributed by atoms with Crippen molar-refractivity contribution in [3.63, 3.8) is 0 Å². The summed E-state index contributed by atoms with van der Waals surface area (Å²) in [5, 5.41) is 2.27. The molecular weight excluding hydrogens is 360 g/mol. The molecule has 0 unspecified atom stereocenters. The lowest BCUT2D eigenvalue weighted by molar-refractivity contribution is -0.156. The number of esters is 1. The second-order valence-corrected chi connectivity index (χ2v) is 7.87. The van der Waals surface area contributed by atoms with E-state index in [1.54, 1.807) is 12.1 Å². The first-order valence-electron chi connectivity index (χ1n) is 8.33. The van der Waals surface area contributed by atoms with Gasteiger partial charge in [-0.3, -0.25) is 14.4 Å². The molecule has 0 bridgehead atoms. The normalized spacial score (nSPS) is 17.6. The summed E-state index contributed by atoms with van der Waals surface area (Å²) < 4.78 is 31.3. The van der Waals surface area contributed by atoms with Gasteiger partial charge in [-0.2, -0.15) is 0 Å². The van der Waals surface area contributed by atoms with Gasteiger partial charge in [0.25, 0.3) is 0 Å². The number of amides is 1. The van der Waals surface area contributed by atoms with Crippen LogP contribution in [-0.4, -0.2) is 45.3 Å². The second-order valence-electron chi connectivity index (χ2n) is 6.10. The fraction of sp³-hybridized carbons (Fsp3) is 0.471. The fourth-order valence-corrected chi connectivity index (χ4v) is 3.45. The summed E-state index contributed by atoms with van der Waals surface area (Å²) in [5.74, 6) is -1.51. The minimum absolute atomic E-state index is 0.0473. The van der Waals surface area contributed by atoms with Crippen LogP contribution in [0.25, 0.3) is 0 Å². The topological polar surface area (TPSA) is 119 Å². The zero-order chi connectivity index (χ0) is 19.2. The molecule has 0 heterocycles. The quantitative estimate of drug-likeness (QED) is 0.661. The van der Waals surface area contributed by atoms with Crippen LogP contribution in [-0.2, 0) is 29.1 Å². The van der Waals surface area contributed by atoms with Crippen molar-refractivity contribution in [1.82, 2.24) is 10.0 Å². The Balaban J connectivity index is 1.75. The maximum atomic E-state index is 12.1. The van der Waals surface area contributed by atoms with Crippen molar-refractivity contribution in [2.24, 2.45) is 0 Å². The number of ketones is 1. The van der Waals surface area contributed by atoms with Gasteiger partial charge in [0, 0.05) is 6.42 Å². The lowest BCUT2D eigenvalue weighted by atomic mass is 9.96. The van der Waals surface area contributed by atoms with Gasteiger partial charge in [0.05, 0.1) is 11.4 Å². The molecule has 0 aromatic heterocycles. The van der Waals surface area contributed by atoms with Crippen LogP contribution >= 0.6 is 0 Å². The first-order valence-corrected chi connectivity index (χ1v) is 9.81. The van der Waals surface area contributed by atoms with Crippen LogP contribution in [0.15, 0.2) is 29.2 Å². The van der Waals surface area contributed by atoms with Crippen LogP contribution < -0.4 is 10.0 Å². The van der Waals surface area contributed by atoms with Crippen molar-refractivity contribution in [3.05, 3.63) is 29.8 Å². The third-order valence-electron chi connectivity index (χ3n) is 3.96. The van der Waals surface area contributed by atoms with Crippen molar-refractivity contribution in [3.8, 4) is 0 Å². The van der Waals surface area contributed by atoms with Gasteiger partial charge < -0.3 is 10.1 Å². The van der Waals surface area contributed by atoms with Crippen LogP contribution in [0.1, 0.15) is 31.2 Å². The van der Waals surface area contributed by atoms with Gasteiger partial charge in [-0.1, -0.05) is 17.7 Å². The van der Waals surface area contributed by atoms with E-state index in [4.69, 9.17) is 4.74 Å². The number of sulfonamides is 1. The van der Waals surface area contributed by atoms with E-state index in [1.807, 2.05) is 6.92 Å². The van der Waals surface area contributed by atoms with Crippen LogP contribution in [0, 0.1) is 6.92 Å². The number of hydrogen-bond donors (Lipinski definition) is 2. The number of Topliss-reactive ketones (excluding diaryl/α,β-unsaturated/α-hetero) is 1. The van der Waals surface area contributed by atoms with Gasteiger partial charge in [0.2, 0.25) is 15.9 Å². The van der Waals surface area contributed by atoms with Gasteiger partial charge in [-0.05, 0) is 38.3 Å². The summed E-state index contributed by atoms with van der Waals surface area (Å²) >= 11 is 0. The fourth-order valence-electron chi connectivity index (χ4n) is 2.47. The van der Waals surface area contributed by atoms with Crippen LogP contribution in [0.4, 0.5) is 0 Å². The number of carbonyl (C=O) groups is 3. The molecule has 26 heavy (non-hydrogen) atoms. The highest BCUT2D eigenvalue weighted by molar-refractivity contribution is 7.89. The minimum Gasteiger partial charge on any atom is -0.453 e. The number of rotatable bonds is 7. The van der Waals surface area contributed by atoms with Crippen molar-refractivity contribution in [2.75, 3.05) is 13.1 Å².